The topological polar surface area (TPSA) is 47.6 Å². The quantitative estimate of drug-likeness (QED) is 0.740. The molecule has 1 N–H and O–H groups in total. The number of hydrogen-bond acceptors (Lipinski definition) is 4. The van der Waals surface area contributed by atoms with Gasteiger partial charge in [-0.15, -0.1) is 11.8 Å². The Kier molecular flexibility index (Phi) is 5.87. The van der Waals surface area contributed by atoms with Gasteiger partial charge < -0.3 is 14.8 Å². The first-order valence-electron chi connectivity index (χ1n) is 8.49. The van der Waals surface area contributed by atoms with E-state index in [2.05, 4.69) is 5.32 Å². The summed E-state index contributed by atoms with van der Waals surface area (Å²) < 4.78 is 11.4. The Bertz CT molecular complexity index is 741. The number of carbonyl (C=O) groups is 1. The van der Waals surface area contributed by atoms with Gasteiger partial charge in [0.15, 0.2) is 11.5 Å². The number of thioether (sulfide) groups is 1. The van der Waals surface area contributed by atoms with E-state index in [9.17, 15) is 4.79 Å². The summed E-state index contributed by atoms with van der Waals surface area (Å²) in [5, 5.41) is 2.93. The summed E-state index contributed by atoms with van der Waals surface area (Å²) >= 11 is 1.64. The van der Waals surface area contributed by atoms with Crippen molar-refractivity contribution in [2.45, 2.75) is 36.7 Å². The Morgan fingerprint density at radius 1 is 1.12 bits per heavy atom. The van der Waals surface area contributed by atoms with Gasteiger partial charge in [-0.05, 0) is 68.3 Å². The number of anilines is 1. The van der Waals surface area contributed by atoms with Crippen LogP contribution in [-0.4, -0.2) is 25.4 Å². The zero-order chi connectivity index (χ0) is 17.6. The molecule has 1 fully saturated rings. The summed E-state index contributed by atoms with van der Waals surface area (Å²) in [6, 6.07) is 13.1. The molecule has 5 heteroatoms. The van der Waals surface area contributed by atoms with Crippen LogP contribution in [0.25, 0.3) is 0 Å². The van der Waals surface area contributed by atoms with Crippen molar-refractivity contribution in [3.05, 3.63) is 48.0 Å². The maximum Gasteiger partial charge on any atom is 0.255 e. The fourth-order valence-corrected chi connectivity index (χ4v) is 3.46. The molecule has 0 atom stereocenters. The first kappa shape index (κ1) is 17.7. The Morgan fingerprint density at radius 2 is 1.92 bits per heavy atom. The van der Waals surface area contributed by atoms with E-state index >= 15 is 0 Å². The summed E-state index contributed by atoms with van der Waals surface area (Å²) in [7, 11) is 1.60. The van der Waals surface area contributed by atoms with Gasteiger partial charge >= 0.3 is 0 Å². The maximum absolute atomic E-state index is 12.5. The second-order valence-electron chi connectivity index (χ2n) is 6.08. The highest BCUT2D eigenvalue weighted by atomic mass is 32.2. The summed E-state index contributed by atoms with van der Waals surface area (Å²) in [6.07, 6.45) is 6.84. The molecule has 0 bridgehead atoms. The van der Waals surface area contributed by atoms with Crippen LogP contribution in [0.3, 0.4) is 0 Å². The lowest BCUT2D eigenvalue weighted by Gasteiger charge is -2.16. The molecule has 25 heavy (non-hydrogen) atoms. The van der Waals surface area contributed by atoms with Crippen molar-refractivity contribution in [2.24, 2.45) is 0 Å². The number of benzene rings is 2. The van der Waals surface area contributed by atoms with Gasteiger partial charge in [-0.2, -0.15) is 0 Å². The van der Waals surface area contributed by atoms with Crippen molar-refractivity contribution in [2.75, 3.05) is 18.7 Å². The molecule has 1 saturated carbocycles. The smallest absolute Gasteiger partial charge is 0.255 e. The van der Waals surface area contributed by atoms with Crippen molar-refractivity contribution in [1.82, 2.24) is 0 Å². The number of hydrogen-bond donors (Lipinski definition) is 1. The molecule has 1 aliphatic carbocycles. The van der Waals surface area contributed by atoms with Gasteiger partial charge in [0.25, 0.3) is 5.91 Å². The van der Waals surface area contributed by atoms with Crippen LogP contribution in [-0.2, 0) is 0 Å². The van der Waals surface area contributed by atoms with E-state index in [0.29, 0.717) is 17.1 Å². The summed E-state index contributed by atoms with van der Waals surface area (Å²) in [4.78, 5) is 13.6. The normalized spacial score (nSPS) is 14.3. The molecule has 0 spiro atoms. The van der Waals surface area contributed by atoms with Crippen molar-refractivity contribution in [1.29, 1.82) is 0 Å². The van der Waals surface area contributed by atoms with Gasteiger partial charge in [0.1, 0.15) is 0 Å². The second-order valence-corrected chi connectivity index (χ2v) is 6.96. The number of amides is 1. The SMILES string of the molecule is COc1cc(C(=O)Nc2cccc(SC)c2)ccc1OC1CCCC1. The largest absolute Gasteiger partial charge is 0.493 e. The van der Waals surface area contributed by atoms with Crippen LogP contribution in [0.5, 0.6) is 11.5 Å². The molecule has 1 amide bonds. The standard InChI is InChI=1S/C20H23NO3S/c1-23-19-12-14(10-11-18(19)24-16-7-3-4-8-16)20(22)21-15-6-5-9-17(13-15)25-2/h5-6,9-13,16H,3-4,7-8H2,1-2H3,(H,21,22). The maximum atomic E-state index is 12.5. The summed E-state index contributed by atoms with van der Waals surface area (Å²) in [6.45, 7) is 0. The van der Waals surface area contributed by atoms with Crippen LogP contribution < -0.4 is 14.8 Å². The molecule has 0 unspecified atom stereocenters. The predicted molar refractivity (Wildman–Crippen MR) is 102 cm³/mol. The highest BCUT2D eigenvalue weighted by Crippen LogP contribution is 2.32. The van der Waals surface area contributed by atoms with Crippen molar-refractivity contribution in [3.63, 3.8) is 0 Å². The number of ether oxygens (including phenoxy) is 2. The molecule has 0 radical (unpaired) electrons. The molecular weight excluding hydrogens is 334 g/mol. The van der Waals surface area contributed by atoms with E-state index in [-0.39, 0.29) is 12.0 Å². The summed E-state index contributed by atoms with van der Waals surface area (Å²) in [5.41, 5.74) is 1.33. The van der Waals surface area contributed by atoms with E-state index < -0.39 is 0 Å². The van der Waals surface area contributed by atoms with E-state index in [1.54, 1.807) is 31.0 Å². The van der Waals surface area contributed by atoms with E-state index in [4.69, 9.17) is 9.47 Å². The van der Waals surface area contributed by atoms with E-state index in [1.165, 1.54) is 12.8 Å². The van der Waals surface area contributed by atoms with Gasteiger partial charge in [-0.1, -0.05) is 6.07 Å². The molecule has 0 saturated heterocycles. The Labute approximate surface area is 152 Å². The molecule has 2 aromatic rings. The number of rotatable bonds is 6. The van der Waals surface area contributed by atoms with Crippen LogP contribution in [0.4, 0.5) is 5.69 Å². The van der Waals surface area contributed by atoms with Crippen molar-refractivity contribution in [3.8, 4) is 11.5 Å². The molecule has 4 nitrogen and oxygen atoms in total. The van der Waals surface area contributed by atoms with Crippen LogP contribution in [0.1, 0.15) is 36.0 Å². The lowest BCUT2D eigenvalue weighted by molar-refractivity contribution is 0.102. The third-order valence-electron chi connectivity index (χ3n) is 4.35. The monoisotopic (exact) mass is 357 g/mol. The average Bonchev–Trinajstić information content (AvgIpc) is 3.15. The molecule has 1 aliphatic rings. The van der Waals surface area contributed by atoms with Gasteiger partial charge in [-0.25, -0.2) is 0 Å². The van der Waals surface area contributed by atoms with Crippen LogP contribution >= 0.6 is 11.8 Å². The summed E-state index contributed by atoms with van der Waals surface area (Å²) in [5.74, 6) is 1.14. The highest BCUT2D eigenvalue weighted by molar-refractivity contribution is 7.98. The first-order chi connectivity index (χ1) is 12.2. The van der Waals surface area contributed by atoms with Crippen LogP contribution in [0.2, 0.25) is 0 Å². The number of methoxy groups -OCH3 is 1. The lowest BCUT2D eigenvalue weighted by atomic mass is 10.1. The van der Waals surface area contributed by atoms with E-state index in [0.717, 1.165) is 23.4 Å². The molecule has 0 aliphatic heterocycles. The van der Waals surface area contributed by atoms with Crippen molar-refractivity contribution >= 4 is 23.4 Å². The first-order valence-corrected chi connectivity index (χ1v) is 9.72. The fourth-order valence-electron chi connectivity index (χ4n) is 3.00. The van der Waals surface area contributed by atoms with Crippen LogP contribution in [0.15, 0.2) is 47.4 Å². The fraction of sp³-hybridized carbons (Fsp3) is 0.350. The number of carbonyl (C=O) groups excluding carboxylic acids is 1. The van der Waals surface area contributed by atoms with E-state index in [1.807, 2.05) is 36.6 Å². The lowest BCUT2D eigenvalue weighted by Crippen LogP contribution is -2.14. The van der Waals surface area contributed by atoms with Gasteiger partial charge in [-0.3, -0.25) is 4.79 Å². The zero-order valence-corrected chi connectivity index (χ0v) is 15.4. The average molecular weight is 357 g/mol. The Hall–Kier alpha value is -2.14. The zero-order valence-electron chi connectivity index (χ0n) is 14.6. The highest BCUT2D eigenvalue weighted by Gasteiger charge is 2.19. The minimum Gasteiger partial charge on any atom is -0.493 e. The minimum atomic E-state index is -0.163. The third kappa shape index (κ3) is 4.48. The molecule has 3 rings (SSSR count). The van der Waals surface area contributed by atoms with Gasteiger partial charge in [0.05, 0.1) is 13.2 Å². The molecule has 0 heterocycles. The Morgan fingerprint density at radius 3 is 2.64 bits per heavy atom. The minimum absolute atomic E-state index is 0.163. The van der Waals surface area contributed by atoms with Gasteiger partial charge in [0, 0.05) is 16.1 Å². The molecule has 132 valence electrons. The third-order valence-corrected chi connectivity index (χ3v) is 5.07. The van der Waals surface area contributed by atoms with Crippen LogP contribution in [0, 0.1) is 0 Å². The molecule has 0 aromatic heterocycles. The Balaban J connectivity index is 1.73. The second kappa shape index (κ2) is 8.30. The van der Waals surface area contributed by atoms with Gasteiger partial charge in [0.2, 0.25) is 0 Å². The predicted octanol–water partition coefficient (Wildman–Crippen LogP) is 4.99. The molecular formula is C20H23NO3S. The number of nitrogens with one attached hydrogen (secondary N) is 1. The van der Waals surface area contributed by atoms with Crippen molar-refractivity contribution < 1.29 is 14.3 Å². The molecule has 2 aromatic carbocycles.